The van der Waals surface area contributed by atoms with Crippen LogP contribution in [0, 0.1) is 23.2 Å². The van der Waals surface area contributed by atoms with E-state index in [2.05, 4.69) is 42.6 Å². The molecule has 0 aromatic heterocycles. The van der Waals surface area contributed by atoms with Crippen molar-refractivity contribution >= 4 is 17.9 Å². The Morgan fingerprint density at radius 1 is 1.08 bits per heavy atom. The van der Waals surface area contributed by atoms with Crippen LogP contribution in [0.3, 0.4) is 0 Å². The molecule has 214 valence electrons. The molecule has 0 spiro atoms. The van der Waals surface area contributed by atoms with Crippen molar-refractivity contribution < 1.29 is 19.1 Å². The monoisotopic (exact) mass is 538 g/mol. The van der Waals surface area contributed by atoms with Gasteiger partial charge in [-0.3, -0.25) is 9.69 Å². The van der Waals surface area contributed by atoms with Gasteiger partial charge in [0.25, 0.3) is 0 Å². The summed E-state index contributed by atoms with van der Waals surface area (Å²) in [6, 6.07) is 10.2. The molecule has 1 aromatic rings. The van der Waals surface area contributed by atoms with Crippen LogP contribution in [-0.4, -0.2) is 65.5 Å². The number of nitriles is 1. The Morgan fingerprint density at radius 3 is 2.31 bits per heavy atom. The van der Waals surface area contributed by atoms with E-state index in [-0.39, 0.29) is 24.2 Å². The summed E-state index contributed by atoms with van der Waals surface area (Å²) >= 11 is 0. The molecule has 3 rings (SSSR count). The highest BCUT2D eigenvalue weighted by Gasteiger charge is 2.40. The number of ether oxygens (including phenoxy) is 1. The lowest BCUT2D eigenvalue weighted by molar-refractivity contribution is -0.128. The molecule has 0 saturated carbocycles. The van der Waals surface area contributed by atoms with Gasteiger partial charge in [-0.25, -0.2) is 9.59 Å². The zero-order valence-corrected chi connectivity index (χ0v) is 24.4. The average Bonchev–Trinajstić information content (AvgIpc) is 2.91. The van der Waals surface area contributed by atoms with Gasteiger partial charge in [-0.1, -0.05) is 37.6 Å². The molecule has 0 aliphatic carbocycles. The van der Waals surface area contributed by atoms with Gasteiger partial charge < -0.3 is 15.0 Å². The number of rotatable bonds is 8. The molecule has 2 aliphatic rings. The fourth-order valence-electron chi connectivity index (χ4n) is 5.88. The normalized spacial score (nSPS) is 21.1. The van der Waals surface area contributed by atoms with E-state index in [1.165, 1.54) is 5.56 Å². The van der Waals surface area contributed by atoms with Crippen molar-refractivity contribution in [3.05, 3.63) is 35.4 Å². The Balaban J connectivity index is 1.61. The molecule has 2 aliphatic heterocycles. The number of likely N-dealkylation sites (tertiary alicyclic amines) is 2. The number of piperidine rings is 2. The first-order valence-electron chi connectivity index (χ1n) is 14.6. The number of carbonyl (C=O) groups is 3. The number of urea groups is 1. The molecule has 8 nitrogen and oxygen atoms in total. The molecule has 0 bridgehead atoms. The molecule has 0 radical (unpaired) electrons. The van der Waals surface area contributed by atoms with Gasteiger partial charge in [0.2, 0.25) is 0 Å². The van der Waals surface area contributed by atoms with Crippen molar-refractivity contribution in [3.8, 4) is 6.07 Å². The van der Waals surface area contributed by atoms with Crippen molar-refractivity contribution in [3.63, 3.8) is 0 Å². The average molecular weight is 539 g/mol. The van der Waals surface area contributed by atoms with E-state index >= 15 is 0 Å². The van der Waals surface area contributed by atoms with Gasteiger partial charge in [-0.2, -0.15) is 5.26 Å². The van der Waals surface area contributed by atoms with Crippen molar-refractivity contribution in [2.75, 3.05) is 26.2 Å². The molecule has 2 saturated heterocycles. The Kier molecular flexibility index (Phi) is 10.8. The minimum absolute atomic E-state index is 0.0103. The van der Waals surface area contributed by atoms with Crippen LogP contribution in [-0.2, 0) is 16.0 Å². The minimum atomic E-state index is -0.633. The summed E-state index contributed by atoms with van der Waals surface area (Å²) in [5, 5.41) is 12.8. The molecule has 3 amide bonds. The fourth-order valence-corrected chi connectivity index (χ4v) is 5.88. The van der Waals surface area contributed by atoms with E-state index in [1.54, 1.807) is 4.90 Å². The van der Waals surface area contributed by atoms with Gasteiger partial charge in [0.05, 0.1) is 18.0 Å². The number of nitrogens with zero attached hydrogens (tertiary/aromatic N) is 3. The number of hydrogen-bond acceptors (Lipinski definition) is 5. The largest absolute Gasteiger partial charge is 0.444 e. The molecule has 2 heterocycles. The number of amides is 3. The van der Waals surface area contributed by atoms with Gasteiger partial charge in [-0.05, 0) is 82.8 Å². The molecule has 39 heavy (non-hydrogen) atoms. The van der Waals surface area contributed by atoms with Crippen LogP contribution in [0.25, 0.3) is 0 Å². The Hall–Kier alpha value is -3.08. The number of carbonyl (C=O) groups excluding carboxylic acids is 3. The minimum Gasteiger partial charge on any atom is -0.444 e. The zero-order chi connectivity index (χ0) is 28.6. The molecule has 8 heteroatoms. The maximum absolute atomic E-state index is 13.6. The third kappa shape index (κ3) is 8.45. The highest BCUT2D eigenvalue weighted by Crippen LogP contribution is 2.31. The van der Waals surface area contributed by atoms with E-state index in [1.807, 2.05) is 32.6 Å². The summed E-state index contributed by atoms with van der Waals surface area (Å²) in [6.07, 6.45) is 4.58. The molecule has 3 atom stereocenters. The van der Waals surface area contributed by atoms with Crippen LogP contribution in [0.1, 0.15) is 90.2 Å². The van der Waals surface area contributed by atoms with Crippen LogP contribution in [0.5, 0.6) is 0 Å². The van der Waals surface area contributed by atoms with E-state index in [0.29, 0.717) is 25.4 Å². The molecular weight excluding hydrogens is 492 g/mol. The third-order valence-corrected chi connectivity index (χ3v) is 7.91. The predicted octanol–water partition coefficient (Wildman–Crippen LogP) is 5.66. The van der Waals surface area contributed by atoms with Gasteiger partial charge >= 0.3 is 12.1 Å². The topological polar surface area (TPSA) is 103 Å². The third-order valence-electron chi connectivity index (χ3n) is 7.91. The molecular formula is C31H46N4O4. The lowest BCUT2D eigenvalue weighted by Crippen LogP contribution is -2.54. The van der Waals surface area contributed by atoms with Crippen molar-refractivity contribution in [2.24, 2.45) is 11.8 Å². The summed E-state index contributed by atoms with van der Waals surface area (Å²) in [7, 11) is 0. The van der Waals surface area contributed by atoms with Gasteiger partial charge in [-0.15, -0.1) is 0 Å². The van der Waals surface area contributed by atoms with Gasteiger partial charge in [0.1, 0.15) is 5.60 Å². The highest BCUT2D eigenvalue weighted by molar-refractivity contribution is 5.88. The zero-order valence-electron chi connectivity index (χ0n) is 24.4. The maximum atomic E-state index is 13.6. The van der Waals surface area contributed by atoms with Crippen LogP contribution < -0.4 is 5.32 Å². The van der Waals surface area contributed by atoms with Crippen LogP contribution in [0.4, 0.5) is 9.59 Å². The number of benzene rings is 1. The number of nitrogens with one attached hydrogen (secondary N) is 1. The highest BCUT2D eigenvalue weighted by atomic mass is 16.6. The van der Waals surface area contributed by atoms with Crippen LogP contribution >= 0.6 is 0 Å². The van der Waals surface area contributed by atoms with Crippen molar-refractivity contribution in [1.29, 1.82) is 5.26 Å². The fraction of sp³-hybridized carbons (Fsp3) is 0.677. The Morgan fingerprint density at radius 2 is 1.74 bits per heavy atom. The molecule has 0 unspecified atom stereocenters. The molecule has 1 N–H and O–H groups in total. The van der Waals surface area contributed by atoms with Crippen molar-refractivity contribution in [2.45, 2.75) is 97.1 Å². The Labute approximate surface area is 234 Å². The number of ketones is 1. The van der Waals surface area contributed by atoms with E-state index in [0.717, 1.165) is 50.8 Å². The quantitative estimate of drug-likeness (QED) is 0.460. The molecule has 2 fully saturated rings. The standard InChI is InChI=1S/C31H46N4O4/c1-6-24-9-8-16-35(30(38)39-31(3,4)5)28(24)27(36)20-23(21-32)19-22-10-12-25(13-11-22)26-14-17-34(18-15-26)29(37)33-7-2/h10-13,23-24,26,28H,6-9,14-20H2,1-5H3,(H,33,37)/t23-,24-,28+/m1/s1. The summed E-state index contributed by atoms with van der Waals surface area (Å²) in [5.74, 6) is -0.0101. The molecule has 1 aromatic carbocycles. The van der Waals surface area contributed by atoms with E-state index < -0.39 is 23.7 Å². The van der Waals surface area contributed by atoms with E-state index in [4.69, 9.17) is 4.74 Å². The summed E-state index contributed by atoms with van der Waals surface area (Å²) < 4.78 is 5.61. The second-order valence-corrected chi connectivity index (χ2v) is 12.0. The SMILES string of the molecule is CCNC(=O)N1CCC(c2ccc(C[C@@H](C#N)CC(=O)[C@@H]3[C@H](CC)CCCN3C(=O)OC(C)(C)C)cc2)CC1. The predicted molar refractivity (Wildman–Crippen MR) is 151 cm³/mol. The lowest BCUT2D eigenvalue weighted by atomic mass is 9.81. The summed E-state index contributed by atoms with van der Waals surface area (Å²) in [4.78, 5) is 42.0. The summed E-state index contributed by atoms with van der Waals surface area (Å²) in [5.41, 5.74) is 1.64. The van der Waals surface area contributed by atoms with Gasteiger partial charge in [0.15, 0.2) is 5.78 Å². The van der Waals surface area contributed by atoms with Crippen LogP contribution in [0.15, 0.2) is 24.3 Å². The Bertz CT molecular complexity index is 1020. The second kappa shape index (κ2) is 13.8. The maximum Gasteiger partial charge on any atom is 0.410 e. The second-order valence-electron chi connectivity index (χ2n) is 12.0. The van der Waals surface area contributed by atoms with E-state index in [9.17, 15) is 19.6 Å². The van der Waals surface area contributed by atoms with Crippen LogP contribution in [0.2, 0.25) is 0 Å². The lowest BCUT2D eigenvalue weighted by Gasteiger charge is -2.40. The number of Topliss-reactive ketones (excluding diaryl/α,β-unsaturated/α-hetero) is 1. The summed E-state index contributed by atoms with van der Waals surface area (Å²) in [6.45, 7) is 12.1. The number of hydrogen-bond donors (Lipinski definition) is 1. The first-order valence-corrected chi connectivity index (χ1v) is 14.6. The van der Waals surface area contributed by atoms with Gasteiger partial charge in [0, 0.05) is 32.6 Å². The van der Waals surface area contributed by atoms with Crippen molar-refractivity contribution in [1.82, 2.24) is 15.1 Å². The first-order chi connectivity index (χ1) is 18.6. The smallest absolute Gasteiger partial charge is 0.410 e. The first kappa shape index (κ1) is 30.5.